The first kappa shape index (κ1) is 25.1. The van der Waals surface area contributed by atoms with Crippen LogP contribution < -0.4 is 10.7 Å². The molecule has 4 rings (SSSR count). The van der Waals surface area contributed by atoms with E-state index in [1.807, 2.05) is 74.5 Å². The van der Waals surface area contributed by atoms with Gasteiger partial charge in [0.15, 0.2) is 0 Å². The van der Waals surface area contributed by atoms with Gasteiger partial charge in [-0.15, -0.1) is 0 Å². The number of anilines is 2. The fourth-order valence-electron chi connectivity index (χ4n) is 3.72. The Hall–Kier alpha value is -5.04. The van der Waals surface area contributed by atoms with E-state index in [2.05, 4.69) is 15.8 Å². The van der Waals surface area contributed by atoms with Crippen molar-refractivity contribution in [3.63, 3.8) is 0 Å². The van der Waals surface area contributed by atoms with Crippen LogP contribution in [0.3, 0.4) is 0 Å². The first-order chi connectivity index (χ1) is 17.9. The summed E-state index contributed by atoms with van der Waals surface area (Å²) >= 11 is 0. The van der Waals surface area contributed by atoms with Crippen LogP contribution in [0.25, 0.3) is 6.08 Å². The van der Waals surface area contributed by atoms with E-state index in [0.717, 1.165) is 22.4 Å². The maximum Gasteiger partial charge on any atom is 0.273 e. The highest BCUT2D eigenvalue weighted by molar-refractivity contribution is 6.11. The molecule has 0 saturated carbocycles. The molecule has 37 heavy (non-hydrogen) atoms. The second-order valence-electron chi connectivity index (χ2n) is 8.41. The SMILES string of the molecule is Cc1cccc(Nc2ccccc2C(=O)N/N=C(\C=C\c2cccc([N+](=O)[O-])c2)c2ccccc2)c1C. The van der Waals surface area contributed by atoms with Crippen molar-refractivity contribution in [2.75, 3.05) is 5.32 Å². The van der Waals surface area contributed by atoms with E-state index in [0.29, 0.717) is 22.5 Å². The van der Waals surface area contributed by atoms with E-state index >= 15 is 0 Å². The molecule has 0 unspecified atom stereocenters. The highest BCUT2D eigenvalue weighted by Crippen LogP contribution is 2.25. The molecule has 0 atom stereocenters. The predicted molar refractivity (Wildman–Crippen MR) is 148 cm³/mol. The van der Waals surface area contributed by atoms with E-state index in [1.54, 1.807) is 36.4 Å². The van der Waals surface area contributed by atoms with Crippen molar-refractivity contribution in [2.45, 2.75) is 13.8 Å². The maximum atomic E-state index is 13.2. The molecule has 7 heteroatoms. The van der Waals surface area contributed by atoms with Crippen LogP contribution >= 0.6 is 0 Å². The largest absolute Gasteiger partial charge is 0.355 e. The Morgan fingerprint density at radius 1 is 0.865 bits per heavy atom. The summed E-state index contributed by atoms with van der Waals surface area (Å²) in [5, 5.41) is 18.9. The van der Waals surface area contributed by atoms with Crippen molar-refractivity contribution < 1.29 is 9.72 Å². The third kappa shape index (κ3) is 6.35. The Balaban J connectivity index is 1.61. The van der Waals surface area contributed by atoms with Crippen molar-refractivity contribution in [1.82, 2.24) is 5.43 Å². The van der Waals surface area contributed by atoms with Crippen molar-refractivity contribution in [3.8, 4) is 0 Å². The third-order valence-electron chi connectivity index (χ3n) is 5.91. The number of para-hydroxylation sites is 1. The number of carbonyl (C=O) groups is 1. The number of allylic oxidation sites excluding steroid dienone is 1. The Morgan fingerprint density at radius 3 is 2.35 bits per heavy atom. The first-order valence-corrected chi connectivity index (χ1v) is 11.7. The average molecular weight is 491 g/mol. The maximum absolute atomic E-state index is 13.2. The Bertz CT molecular complexity index is 1490. The van der Waals surface area contributed by atoms with Gasteiger partial charge in [-0.3, -0.25) is 14.9 Å². The Kier molecular flexibility index (Phi) is 7.85. The van der Waals surface area contributed by atoms with Gasteiger partial charge in [-0.2, -0.15) is 5.10 Å². The van der Waals surface area contributed by atoms with Gasteiger partial charge >= 0.3 is 0 Å². The van der Waals surface area contributed by atoms with Crippen molar-refractivity contribution in [2.24, 2.45) is 5.10 Å². The fraction of sp³-hybridized carbons (Fsp3) is 0.0667. The summed E-state index contributed by atoms with van der Waals surface area (Å²) in [5.74, 6) is -0.370. The van der Waals surface area contributed by atoms with Gasteiger partial charge in [0.1, 0.15) is 0 Å². The number of benzene rings is 4. The number of nitro groups is 1. The number of rotatable bonds is 8. The molecule has 0 spiro atoms. The van der Waals surface area contributed by atoms with Crippen LogP contribution in [0, 0.1) is 24.0 Å². The zero-order valence-corrected chi connectivity index (χ0v) is 20.5. The van der Waals surface area contributed by atoms with Gasteiger partial charge in [-0.25, -0.2) is 5.43 Å². The molecule has 0 aliphatic heterocycles. The minimum absolute atomic E-state index is 0.00149. The number of amides is 1. The number of non-ortho nitro benzene ring substituents is 1. The van der Waals surface area contributed by atoms with E-state index in [9.17, 15) is 14.9 Å². The number of aryl methyl sites for hydroxylation is 1. The van der Waals surface area contributed by atoms with E-state index in [1.165, 1.54) is 12.1 Å². The van der Waals surface area contributed by atoms with Crippen LogP contribution in [-0.4, -0.2) is 16.5 Å². The van der Waals surface area contributed by atoms with Crippen LogP contribution in [0.1, 0.15) is 32.6 Å². The lowest BCUT2D eigenvalue weighted by atomic mass is 10.1. The van der Waals surface area contributed by atoms with Crippen LogP contribution in [0.5, 0.6) is 0 Å². The topological polar surface area (TPSA) is 96.6 Å². The molecular formula is C30H26N4O3. The molecule has 0 aliphatic rings. The van der Waals surface area contributed by atoms with Crippen LogP contribution in [-0.2, 0) is 0 Å². The second kappa shape index (κ2) is 11.6. The van der Waals surface area contributed by atoms with Crippen LogP contribution in [0.2, 0.25) is 0 Å². The number of nitro benzene ring substituents is 1. The molecule has 184 valence electrons. The molecule has 0 bridgehead atoms. The molecule has 0 saturated heterocycles. The summed E-state index contributed by atoms with van der Waals surface area (Å²) in [6.07, 6.45) is 3.44. The predicted octanol–water partition coefficient (Wildman–Crippen LogP) is 6.80. The zero-order valence-electron chi connectivity index (χ0n) is 20.5. The molecule has 2 N–H and O–H groups in total. The molecule has 7 nitrogen and oxygen atoms in total. The van der Waals surface area contributed by atoms with Crippen molar-refractivity contribution in [1.29, 1.82) is 0 Å². The fourth-order valence-corrected chi connectivity index (χ4v) is 3.72. The summed E-state index contributed by atoms with van der Waals surface area (Å²) in [7, 11) is 0. The van der Waals surface area contributed by atoms with Crippen molar-refractivity contribution >= 4 is 34.8 Å². The molecule has 0 fully saturated rings. The van der Waals surface area contributed by atoms with Gasteiger partial charge in [0.25, 0.3) is 11.6 Å². The monoisotopic (exact) mass is 490 g/mol. The second-order valence-corrected chi connectivity index (χ2v) is 8.41. The van der Waals surface area contributed by atoms with Crippen LogP contribution in [0.4, 0.5) is 17.1 Å². The minimum atomic E-state index is -0.437. The van der Waals surface area contributed by atoms with E-state index in [-0.39, 0.29) is 11.6 Å². The summed E-state index contributed by atoms with van der Waals surface area (Å²) in [4.78, 5) is 23.9. The molecule has 1 amide bonds. The molecule has 0 aliphatic carbocycles. The highest BCUT2D eigenvalue weighted by atomic mass is 16.6. The van der Waals surface area contributed by atoms with Gasteiger partial charge in [0, 0.05) is 23.4 Å². The normalized spacial score (nSPS) is 11.4. The molecular weight excluding hydrogens is 464 g/mol. The average Bonchev–Trinajstić information content (AvgIpc) is 2.92. The lowest BCUT2D eigenvalue weighted by Crippen LogP contribution is -2.20. The summed E-state index contributed by atoms with van der Waals surface area (Å²) in [6.45, 7) is 4.07. The smallest absolute Gasteiger partial charge is 0.273 e. The number of hydrogen-bond donors (Lipinski definition) is 2. The third-order valence-corrected chi connectivity index (χ3v) is 5.91. The van der Waals surface area contributed by atoms with Gasteiger partial charge in [0.05, 0.1) is 21.9 Å². The number of carbonyl (C=O) groups excluding carboxylic acids is 1. The lowest BCUT2D eigenvalue weighted by molar-refractivity contribution is -0.384. The van der Waals surface area contributed by atoms with Crippen LogP contribution in [0.15, 0.2) is 108 Å². The van der Waals surface area contributed by atoms with Gasteiger partial charge in [-0.05, 0) is 54.8 Å². The number of hydrazone groups is 1. The Morgan fingerprint density at radius 2 is 1.57 bits per heavy atom. The minimum Gasteiger partial charge on any atom is -0.355 e. The highest BCUT2D eigenvalue weighted by Gasteiger charge is 2.12. The summed E-state index contributed by atoms with van der Waals surface area (Å²) < 4.78 is 0. The number of hydrogen-bond acceptors (Lipinski definition) is 5. The van der Waals surface area contributed by atoms with Gasteiger partial charge in [-0.1, -0.05) is 72.8 Å². The molecule has 0 aromatic heterocycles. The standard InChI is InChI=1S/C30H26N4O3/c1-21-10-8-17-27(22(21)2)31-29-16-7-6-15-26(29)30(35)33-32-28(24-12-4-3-5-13-24)19-18-23-11-9-14-25(20-23)34(36)37/h3-20,31H,1-2H3,(H,33,35)/b19-18+,32-28+. The zero-order chi connectivity index (χ0) is 26.2. The summed E-state index contributed by atoms with van der Waals surface area (Å²) in [6, 6.07) is 28.9. The van der Waals surface area contributed by atoms with Gasteiger partial charge < -0.3 is 5.32 Å². The summed E-state index contributed by atoms with van der Waals surface area (Å²) in [5.41, 5.74) is 8.89. The first-order valence-electron chi connectivity index (χ1n) is 11.7. The lowest BCUT2D eigenvalue weighted by Gasteiger charge is -2.14. The van der Waals surface area contributed by atoms with E-state index < -0.39 is 4.92 Å². The van der Waals surface area contributed by atoms with Gasteiger partial charge in [0.2, 0.25) is 0 Å². The Labute approximate surface area is 215 Å². The van der Waals surface area contributed by atoms with Crippen molar-refractivity contribution in [3.05, 3.63) is 141 Å². The van der Waals surface area contributed by atoms with E-state index in [4.69, 9.17) is 0 Å². The molecule has 0 heterocycles. The molecule has 0 radical (unpaired) electrons. The quantitative estimate of drug-likeness (QED) is 0.161. The number of nitrogens with one attached hydrogen (secondary N) is 2. The molecule has 4 aromatic rings. The number of nitrogens with zero attached hydrogens (tertiary/aromatic N) is 2. The molecule has 4 aromatic carbocycles.